The molecule has 0 aliphatic carbocycles. The first-order chi connectivity index (χ1) is 7.20. The average molecular weight is 229 g/mol. The van der Waals surface area contributed by atoms with Crippen molar-refractivity contribution < 1.29 is 19.1 Å². The highest BCUT2D eigenvalue weighted by Gasteiger charge is 2.15. The summed E-state index contributed by atoms with van der Waals surface area (Å²) in [4.78, 5) is 32.9. The van der Waals surface area contributed by atoms with E-state index in [9.17, 15) is 14.4 Å². The van der Waals surface area contributed by atoms with Gasteiger partial charge in [0.2, 0.25) is 0 Å². The van der Waals surface area contributed by atoms with Crippen LogP contribution >= 0.6 is 0 Å². The van der Waals surface area contributed by atoms with Crippen LogP contribution in [0.5, 0.6) is 0 Å². The summed E-state index contributed by atoms with van der Waals surface area (Å²) in [7, 11) is 0. The Bertz CT molecular complexity index is 278. The van der Waals surface area contributed by atoms with E-state index in [0.717, 1.165) is 0 Å². The number of hydrogen-bond donors (Lipinski definition) is 1. The van der Waals surface area contributed by atoms with E-state index >= 15 is 0 Å². The number of ketones is 2. The zero-order valence-corrected chi connectivity index (χ0v) is 10.3. The van der Waals surface area contributed by atoms with E-state index in [1.54, 1.807) is 20.8 Å². The van der Waals surface area contributed by atoms with Crippen LogP contribution in [0.3, 0.4) is 0 Å². The minimum atomic E-state index is -0.553. The first-order valence-electron chi connectivity index (χ1n) is 5.18. The highest BCUT2D eigenvalue weighted by atomic mass is 16.6. The smallest absolute Gasteiger partial charge is 0.407 e. The Labute approximate surface area is 95.5 Å². The Morgan fingerprint density at radius 1 is 1.19 bits per heavy atom. The summed E-state index contributed by atoms with van der Waals surface area (Å²) in [5, 5.41) is 2.45. The molecule has 0 bridgehead atoms. The quantitative estimate of drug-likeness (QED) is 0.724. The Hall–Kier alpha value is -1.39. The van der Waals surface area contributed by atoms with E-state index in [-0.39, 0.29) is 31.0 Å². The van der Waals surface area contributed by atoms with Crippen molar-refractivity contribution in [1.82, 2.24) is 5.32 Å². The van der Waals surface area contributed by atoms with Crippen molar-refractivity contribution in [2.45, 2.75) is 46.1 Å². The predicted octanol–water partition coefficient (Wildman–Crippen LogP) is 1.45. The molecule has 92 valence electrons. The van der Waals surface area contributed by atoms with Gasteiger partial charge in [0, 0.05) is 13.0 Å². The van der Waals surface area contributed by atoms with Gasteiger partial charge in [-0.05, 0) is 27.7 Å². The molecule has 0 spiro atoms. The third kappa shape index (κ3) is 9.18. The van der Waals surface area contributed by atoms with E-state index < -0.39 is 11.7 Å². The highest BCUT2D eigenvalue weighted by Crippen LogP contribution is 2.06. The summed E-state index contributed by atoms with van der Waals surface area (Å²) in [5.41, 5.74) is -0.548. The molecule has 16 heavy (non-hydrogen) atoms. The van der Waals surface area contributed by atoms with E-state index in [1.165, 1.54) is 6.92 Å². The maximum atomic E-state index is 11.2. The van der Waals surface area contributed by atoms with Gasteiger partial charge in [-0.15, -0.1) is 0 Å². The van der Waals surface area contributed by atoms with Gasteiger partial charge in [-0.1, -0.05) is 0 Å². The molecule has 0 aromatic rings. The standard InChI is InChI=1S/C11H19NO4/c1-8(13)7-9(14)5-6-12-10(15)16-11(2,3)4/h5-7H2,1-4H3,(H,12,15). The number of nitrogens with one attached hydrogen (secondary N) is 1. The first kappa shape index (κ1) is 14.6. The Balaban J connectivity index is 3.70. The fourth-order valence-electron chi connectivity index (χ4n) is 0.984. The van der Waals surface area contributed by atoms with Gasteiger partial charge in [-0.25, -0.2) is 4.79 Å². The molecule has 0 saturated carbocycles. The molecular weight excluding hydrogens is 210 g/mol. The predicted molar refractivity (Wildman–Crippen MR) is 59.2 cm³/mol. The van der Waals surface area contributed by atoms with E-state index in [0.29, 0.717) is 0 Å². The second-order valence-corrected chi connectivity index (χ2v) is 4.60. The Morgan fingerprint density at radius 2 is 1.75 bits per heavy atom. The maximum Gasteiger partial charge on any atom is 0.407 e. The van der Waals surface area contributed by atoms with Gasteiger partial charge in [0.1, 0.15) is 17.2 Å². The minimum Gasteiger partial charge on any atom is -0.444 e. The van der Waals surface area contributed by atoms with Crippen molar-refractivity contribution in [3.8, 4) is 0 Å². The number of carbonyl (C=O) groups is 3. The highest BCUT2D eigenvalue weighted by molar-refractivity contribution is 5.98. The summed E-state index contributed by atoms with van der Waals surface area (Å²) >= 11 is 0. The van der Waals surface area contributed by atoms with Gasteiger partial charge in [0.25, 0.3) is 0 Å². The van der Waals surface area contributed by atoms with Crippen LogP contribution in [0.1, 0.15) is 40.5 Å². The number of ether oxygens (including phenoxy) is 1. The fraction of sp³-hybridized carbons (Fsp3) is 0.727. The van der Waals surface area contributed by atoms with Crippen LogP contribution in [0.25, 0.3) is 0 Å². The van der Waals surface area contributed by atoms with Crippen molar-refractivity contribution >= 4 is 17.7 Å². The molecular formula is C11H19NO4. The van der Waals surface area contributed by atoms with Gasteiger partial charge in [0.05, 0.1) is 6.42 Å². The monoisotopic (exact) mass is 229 g/mol. The van der Waals surface area contributed by atoms with Gasteiger partial charge in [0.15, 0.2) is 0 Å². The van der Waals surface area contributed by atoms with Crippen LogP contribution in [-0.2, 0) is 14.3 Å². The second kappa shape index (κ2) is 6.25. The zero-order chi connectivity index (χ0) is 12.8. The molecule has 0 aliphatic heterocycles. The molecule has 0 radical (unpaired) electrons. The number of alkyl carbamates (subject to hydrolysis) is 1. The lowest BCUT2D eigenvalue weighted by Gasteiger charge is -2.19. The molecule has 0 atom stereocenters. The van der Waals surface area contributed by atoms with Crippen molar-refractivity contribution in [2.75, 3.05) is 6.54 Å². The third-order valence-corrected chi connectivity index (χ3v) is 1.52. The van der Waals surface area contributed by atoms with Gasteiger partial charge < -0.3 is 10.1 Å². The SMILES string of the molecule is CC(=O)CC(=O)CCNC(=O)OC(C)(C)C. The first-order valence-corrected chi connectivity index (χ1v) is 5.18. The van der Waals surface area contributed by atoms with Crippen LogP contribution in [0.2, 0.25) is 0 Å². The second-order valence-electron chi connectivity index (χ2n) is 4.60. The summed E-state index contributed by atoms with van der Waals surface area (Å²) in [6.45, 7) is 6.83. The lowest BCUT2D eigenvalue weighted by atomic mass is 10.2. The molecule has 0 saturated heterocycles. The van der Waals surface area contributed by atoms with Gasteiger partial charge in [-0.3, -0.25) is 9.59 Å². The molecule has 0 aliphatic rings. The van der Waals surface area contributed by atoms with Crippen molar-refractivity contribution in [3.05, 3.63) is 0 Å². The van der Waals surface area contributed by atoms with Crippen LogP contribution < -0.4 is 5.32 Å². The number of rotatable bonds is 5. The molecule has 0 rings (SSSR count). The molecule has 0 unspecified atom stereocenters. The fourth-order valence-corrected chi connectivity index (χ4v) is 0.984. The van der Waals surface area contributed by atoms with Crippen LogP contribution in [0, 0.1) is 0 Å². The van der Waals surface area contributed by atoms with E-state index in [4.69, 9.17) is 4.74 Å². The topological polar surface area (TPSA) is 72.5 Å². The van der Waals surface area contributed by atoms with Crippen molar-refractivity contribution in [2.24, 2.45) is 0 Å². The van der Waals surface area contributed by atoms with Gasteiger partial charge in [-0.2, -0.15) is 0 Å². The number of Topliss-reactive ketones (excluding diaryl/α,β-unsaturated/α-hetero) is 2. The van der Waals surface area contributed by atoms with Gasteiger partial charge >= 0.3 is 6.09 Å². The molecule has 1 amide bonds. The van der Waals surface area contributed by atoms with Crippen LogP contribution in [0.4, 0.5) is 4.79 Å². The number of carbonyl (C=O) groups excluding carboxylic acids is 3. The normalized spacial score (nSPS) is 10.8. The summed E-state index contributed by atoms with van der Waals surface area (Å²) in [6, 6.07) is 0. The maximum absolute atomic E-state index is 11.2. The van der Waals surface area contributed by atoms with Crippen LogP contribution in [0.15, 0.2) is 0 Å². The molecule has 0 heterocycles. The third-order valence-electron chi connectivity index (χ3n) is 1.52. The molecule has 0 aromatic heterocycles. The lowest BCUT2D eigenvalue weighted by molar-refractivity contribution is -0.125. The van der Waals surface area contributed by atoms with Crippen LogP contribution in [-0.4, -0.2) is 29.8 Å². The molecule has 1 N–H and O–H groups in total. The lowest BCUT2D eigenvalue weighted by Crippen LogP contribution is -2.33. The Morgan fingerprint density at radius 3 is 2.19 bits per heavy atom. The largest absolute Gasteiger partial charge is 0.444 e. The van der Waals surface area contributed by atoms with Crippen molar-refractivity contribution in [3.63, 3.8) is 0 Å². The minimum absolute atomic E-state index is 0.0734. The average Bonchev–Trinajstić information content (AvgIpc) is 1.98. The molecule has 0 fully saturated rings. The summed E-state index contributed by atoms with van der Waals surface area (Å²) < 4.78 is 4.97. The van der Waals surface area contributed by atoms with Crippen molar-refractivity contribution in [1.29, 1.82) is 0 Å². The summed E-state index contributed by atoms with van der Waals surface area (Å²) in [5.74, 6) is -0.342. The molecule has 5 heteroatoms. The van der Waals surface area contributed by atoms with E-state index in [1.807, 2.05) is 0 Å². The number of hydrogen-bond acceptors (Lipinski definition) is 4. The number of amides is 1. The molecule has 5 nitrogen and oxygen atoms in total. The molecule has 0 aromatic carbocycles. The van der Waals surface area contributed by atoms with E-state index in [2.05, 4.69) is 5.32 Å². The summed E-state index contributed by atoms with van der Waals surface area (Å²) in [6.07, 6.45) is -0.474. The zero-order valence-electron chi connectivity index (χ0n) is 10.3. The Kier molecular flexibility index (Phi) is 5.71.